The number of fused-ring (bicyclic) bond motifs is 6. The summed E-state index contributed by atoms with van der Waals surface area (Å²) in [6, 6.07) is 70.2. The van der Waals surface area contributed by atoms with Crippen molar-refractivity contribution in [3.8, 4) is 67.3 Å². The summed E-state index contributed by atoms with van der Waals surface area (Å²) in [5.41, 5.74) is 15.0. The molecule has 0 saturated carbocycles. The Morgan fingerprint density at radius 1 is 0.316 bits per heavy atom. The van der Waals surface area contributed by atoms with Crippen LogP contribution in [0.2, 0.25) is 0 Å². The highest BCUT2D eigenvalue weighted by Gasteiger charge is 2.36. The van der Waals surface area contributed by atoms with E-state index in [1.807, 2.05) is 0 Å². The van der Waals surface area contributed by atoms with Crippen LogP contribution in [-0.4, -0.2) is 9.97 Å². The second kappa shape index (κ2) is 13.0. The van der Waals surface area contributed by atoms with Gasteiger partial charge in [-0.05, 0) is 107 Å². The van der Waals surface area contributed by atoms with Crippen molar-refractivity contribution in [2.24, 2.45) is 0 Å². The lowest BCUT2D eigenvalue weighted by Gasteiger charge is -2.22. The zero-order valence-corrected chi connectivity index (χ0v) is 31.9. The normalized spacial score (nSPS) is 12.9. The summed E-state index contributed by atoms with van der Waals surface area (Å²) in [5, 5.41) is 7.34. The van der Waals surface area contributed by atoms with Gasteiger partial charge in [0.05, 0.1) is 11.4 Å². The predicted molar refractivity (Wildman–Crippen MR) is 239 cm³/mol. The van der Waals surface area contributed by atoms with Gasteiger partial charge in [-0.25, -0.2) is 9.97 Å². The van der Waals surface area contributed by atoms with Crippen LogP contribution in [0.4, 0.5) is 0 Å². The Hall–Kier alpha value is -7.16. The van der Waals surface area contributed by atoms with Gasteiger partial charge in [0, 0.05) is 22.1 Å². The molecule has 10 aromatic rings. The molecule has 0 atom stereocenters. The second-order valence-corrected chi connectivity index (χ2v) is 15.8. The molecule has 1 aliphatic carbocycles. The van der Waals surface area contributed by atoms with Crippen LogP contribution in [0.1, 0.15) is 25.0 Å². The van der Waals surface area contributed by atoms with E-state index in [1.165, 1.54) is 71.4 Å². The molecule has 0 saturated heterocycles. The molecule has 0 spiro atoms. The summed E-state index contributed by atoms with van der Waals surface area (Å²) in [4.78, 5) is 10.5. The lowest BCUT2D eigenvalue weighted by Crippen LogP contribution is -2.15. The molecule has 0 bridgehead atoms. The summed E-state index contributed by atoms with van der Waals surface area (Å²) in [7, 11) is 0. The summed E-state index contributed by atoms with van der Waals surface area (Å²) in [6.45, 7) is 4.74. The van der Waals surface area contributed by atoms with Crippen LogP contribution in [0, 0.1) is 0 Å². The summed E-state index contributed by atoms with van der Waals surface area (Å²) in [6.07, 6.45) is 0. The van der Waals surface area contributed by atoms with Gasteiger partial charge in [0.2, 0.25) is 0 Å². The molecule has 2 heteroatoms. The summed E-state index contributed by atoms with van der Waals surface area (Å²) in [5.74, 6) is 0.705. The first kappa shape index (κ1) is 33.2. The van der Waals surface area contributed by atoms with Crippen LogP contribution in [-0.2, 0) is 5.41 Å². The minimum Gasteiger partial charge on any atom is -0.228 e. The highest BCUT2D eigenvalue weighted by molar-refractivity contribution is 6.05. The molecule has 0 fully saturated rings. The standard InChI is InChI=1S/C55H38N2/c1-55(2)50-33-42(26-27-47(50)49-31-40-16-8-9-17-41(40)32-51(49)55)44-28-29-48(46-19-11-10-18-45(44)46)53-34-52(43-25-22-36-14-6-7-15-39(36)30-43)56-54(57-53)38-23-20-37(21-24-38)35-12-4-3-5-13-35/h3-34H,1-2H3. The number of rotatable bonds is 5. The van der Waals surface area contributed by atoms with Crippen LogP contribution in [0.15, 0.2) is 194 Å². The van der Waals surface area contributed by atoms with Crippen molar-refractivity contribution >= 4 is 32.3 Å². The maximum absolute atomic E-state index is 5.32. The van der Waals surface area contributed by atoms with Crippen molar-refractivity contribution < 1.29 is 0 Å². The Labute approximate surface area is 332 Å². The van der Waals surface area contributed by atoms with E-state index in [4.69, 9.17) is 9.97 Å². The van der Waals surface area contributed by atoms with Crippen molar-refractivity contribution in [1.82, 2.24) is 9.97 Å². The lowest BCUT2D eigenvalue weighted by molar-refractivity contribution is 0.661. The molecule has 1 aromatic heterocycles. The Morgan fingerprint density at radius 3 is 1.61 bits per heavy atom. The molecule has 0 amide bonds. The van der Waals surface area contributed by atoms with Crippen LogP contribution in [0.3, 0.4) is 0 Å². The van der Waals surface area contributed by atoms with Crippen molar-refractivity contribution in [2.75, 3.05) is 0 Å². The number of aromatic nitrogens is 2. The Balaban J connectivity index is 1.05. The van der Waals surface area contributed by atoms with Crippen molar-refractivity contribution in [2.45, 2.75) is 19.3 Å². The third kappa shape index (κ3) is 5.56. The quantitative estimate of drug-likeness (QED) is 0.176. The molecule has 268 valence electrons. The van der Waals surface area contributed by atoms with E-state index in [2.05, 4.69) is 208 Å². The van der Waals surface area contributed by atoms with Crippen LogP contribution in [0.5, 0.6) is 0 Å². The van der Waals surface area contributed by atoms with E-state index < -0.39 is 0 Å². The topological polar surface area (TPSA) is 25.8 Å². The van der Waals surface area contributed by atoms with Gasteiger partial charge in [0.25, 0.3) is 0 Å². The molecule has 1 aliphatic rings. The Kier molecular flexibility index (Phi) is 7.55. The van der Waals surface area contributed by atoms with Gasteiger partial charge < -0.3 is 0 Å². The number of benzene rings is 9. The molecule has 9 aromatic carbocycles. The monoisotopic (exact) mass is 726 g/mol. The van der Waals surface area contributed by atoms with Crippen molar-refractivity contribution in [3.05, 3.63) is 205 Å². The SMILES string of the molecule is CC1(C)c2cc(-c3ccc(-c4cc(-c5ccc6ccccc6c5)nc(-c5ccc(-c6ccccc6)cc5)n4)c4ccccc34)ccc2-c2cc3ccccc3cc21. The second-order valence-electron chi connectivity index (χ2n) is 15.8. The minimum absolute atomic E-state index is 0.115. The number of hydrogen-bond donors (Lipinski definition) is 0. The van der Waals surface area contributed by atoms with E-state index in [9.17, 15) is 0 Å². The van der Waals surface area contributed by atoms with Crippen LogP contribution in [0.25, 0.3) is 99.6 Å². The fourth-order valence-electron chi connectivity index (χ4n) is 9.02. The molecule has 0 aliphatic heterocycles. The van der Waals surface area contributed by atoms with Crippen molar-refractivity contribution in [1.29, 1.82) is 0 Å². The molecular weight excluding hydrogens is 689 g/mol. The molecule has 0 radical (unpaired) electrons. The molecule has 11 rings (SSSR count). The maximum Gasteiger partial charge on any atom is 0.160 e. The van der Waals surface area contributed by atoms with Gasteiger partial charge in [-0.2, -0.15) is 0 Å². The van der Waals surface area contributed by atoms with E-state index in [0.717, 1.165) is 33.5 Å². The summed E-state index contributed by atoms with van der Waals surface area (Å²) >= 11 is 0. The Morgan fingerprint density at radius 2 is 0.842 bits per heavy atom. The van der Waals surface area contributed by atoms with E-state index in [1.54, 1.807) is 0 Å². The maximum atomic E-state index is 5.32. The van der Waals surface area contributed by atoms with Crippen molar-refractivity contribution in [3.63, 3.8) is 0 Å². The highest BCUT2D eigenvalue weighted by Crippen LogP contribution is 2.51. The molecular formula is C55H38N2. The first-order chi connectivity index (χ1) is 28.0. The van der Waals surface area contributed by atoms with E-state index in [-0.39, 0.29) is 5.41 Å². The summed E-state index contributed by atoms with van der Waals surface area (Å²) < 4.78 is 0. The third-order valence-corrected chi connectivity index (χ3v) is 12.1. The van der Waals surface area contributed by atoms with Gasteiger partial charge in [0.15, 0.2) is 5.82 Å². The molecule has 57 heavy (non-hydrogen) atoms. The fourth-order valence-corrected chi connectivity index (χ4v) is 9.02. The van der Waals surface area contributed by atoms with Crippen LogP contribution >= 0.6 is 0 Å². The fraction of sp³-hybridized carbons (Fsp3) is 0.0545. The number of hydrogen-bond acceptors (Lipinski definition) is 2. The minimum atomic E-state index is -0.115. The zero-order valence-electron chi connectivity index (χ0n) is 31.9. The van der Waals surface area contributed by atoms with Gasteiger partial charge in [-0.1, -0.05) is 178 Å². The van der Waals surface area contributed by atoms with Gasteiger partial charge in [-0.15, -0.1) is 0 Å². The molecule has 2 nitrogen and oxygen atoms in total. The first-order valence-electron chi connectivity index (χ1n) is 19.7. The van der Waals surface area contributed by atoms with Gasteiger partial charge >= 0.3 is 0 Å². The highest BCUT2D eigenvalue weighted by atomic mass is 14.9. The average Bonchev–Trinajstić information content (AvgIpc) is 3.49. The van der Waals surface area contributed by atoms with E-state index in [0.29, 0.717) is 5.82 Å². The van der Waals surface area contributed by atoms with Gasteiger partial charge in [-0.3, -0.25) is 0 Å². The van der Waals surface area contributed by atoms with Gasteiger partial charge in [0.1, 0.15) is 0 Å². The zero-order chi connectivity index (χ0) is 38.1. The predicted octanol–water partition coefficient (Wildman–Crippen LogP) is 14.6. The van der Waals surface area contributed by atoms with Crippen LogP contribution < -0.4 is 0 Å². The lowest BCUT2D eigenvalue weighted by atomic mass is 9.81. The molecule has 1 heterocycles. The first-order valence-corrected chi connectivity index (χ1v) is 19.7. The molecule has 0 N–H and O–H groups in total. The largest absolute Gasteiger partial charge is 0.228 e. The molecule has 0 unspecified atom stereocenters. The Bertz CT molecular complexity index is 3190. The average molecular weight is 727 g/mol. The smallest absolute Gasteiger partial charge is 0.160 e. The third-order valence-electron chi connectivity index (χ3n) is 12.1. The van der Waals surface area contributed by atoms with E-state index >= 15 is 0 Å². The number of nitrogens with zero attached hydrogens (tertiary/aromatic N) is 2.